The number of hydrogen-bond acceptors (Lipinski definition) is 3. The Balaban J connectivity index is 1.85. The molecule has 2 N–H and O–H groups in total. The SMILES string of the molecule is NCc1cn(CC(=O)N2CCOCC2)c2ccccc12. The number of hydrogen-bond donors (Lipinski definition) is 1. The van der Waals surface area contributed by atoms with E-state index in [-0.39, 0.29) is 5.91 Å². The maximum absolute atomic E-state index is 12.3. The summed E-state index contributed by atoms with van der Waals surface area (Å²) in [7, 11) is 0. The van der Waals surface area contributed by atoms with Gasteiger partial charge in [0.25, 0.3) is 0 Å². The second kappa shape index (κ2) is 5.64. The van der Waals surface area contributed by atoms with Crippen LogP contribution in [0.2, 0.25) is 0 Å². The van der Waals surface area contributed by atoms with Crippen molar-refractivity contribution in [2.45, 2.75) is 13.1 Å². The Morgan fingerprint density at radius 3 is 2.75 bits per heavy atom. The lowest BCUT2D eigenvalue weighted by Crippen LogP contribution is -2.42. The first-order chi connectivity index (χ1) is 9.79. The number of benzene rings is 1. The highest BCUT2D eigenvalue weighted by Crippen LogP contribution is 2.21. The molecule has 2 aromatic rings. The van der Waals surface area contributed by atoms with E-state index in [1.165, 1.54) is 0 Å². The quantitative estimate of drug-likeness (QED) is 0.906. The molecule has 1 aromatic carbocycles. The zero-order chi connectivity index (χ0) is 13.9. The molecule has 3 rings (SSSR count). The predicted octanol–water partition coefficient (Wildman–Crippen LogP) is 0.959. The molecule has 20 heavy (non-hydrogen) atoms. The number of fused-ring (bicyclic) bond motifs is 1. The third-order valence-corrected chi connectivity index (χ3v) is 3.76. The Bertz CT molecular complexity index is 615. The summed E-state index contributed by atoms with van der Waals surface area (Å²) in [6.07, 6.45) is 1.99. The van der Waals surface area contributed by atoms with Gasteiger partial charge in [0.2, 0.25) is 5.91 Å². The molecule has 1 amide bonds. The molecule has 2 heterocycles. The fourth-order valence-electron chi connectivity index (χ4n) is 2.67. The van der Waals surface area contributed by atoms with Crippen LogP contribution >= 0.6 is 0 Å². The minimum atomic E-state index is 0.137. The van der Waals surface area contributed by atoms with Crippen molar-refractivity contribution in [1.82, 2.24) is 9.47 Å². The summed E-state index contributed by atoms with van der Waals surface area (Å²) in [6, 6.07) is 8.06. The number of aromatic nitrogens is 1. The highest BCUT2D eigenvalue weighted by atomic mass is 16.5. The fourth-order valence-corrected chi connectivity index (χ4v) is 2.67. The third-order valence-electron chi connectivity index (χ3n) is 3.76. The van der Waals surface area contributed by atoms with E-state index in [9.17, 15) is 4.79 Å². The molecule has 0 atom stereocenters. The maximum atomic E-state index is 12.3. The molecule has 1 aliphatic rings. The number of nitrogens with zero attached hydrogens (tertiary/aromatic N) is 2. The van der Waals surface area contributed by atoms with Crippen molar-refractivity contribution < 1.29 is 9.53 Å². The first kappa shape index (κ1) is 13.1. The van der Waals surface area contributed by atoms with Crippen LogP contribution in [0.25, 0.3) is 10.9 Å². The molecule has 0 unspecified atom stereocenters. The van der Waals surface area contributed by atoms with Gasteiger partial charge >= 0.3 is 0 Å². The predicted molar refractivity (Wildman–Crippen MR) is 77.2 cm³/mol. The highest BCUT2D eigenvalue weighted by Gasteiger charge is 2.18. The van der Waals surface area contributed by atoms with Gasteiger partial charge in [0.05, 0.1) is 13.2 Å². The molecule has 1 saturated heterocycles. The summed E-state index contributed by atoms with van der Waals surface area (Å²) in [4.78, 5) is 14.2. The molecule has 5 heteroatoms. The summed E-state index contributed by atoms with van der Waals surface area (Å²) in [5.74, 6) is 0.137. The van der Waals surface area contributed by atoms with Gasteiger partial charge in [-0.2, -0.15) is 0 Å². The molecule has 1 fully saturated rings. The average molecular weight is 273 g/mol. The maximum Gasteiger partial charge on any atom is 0.242 e. The minimum Gasteiger partial charge on any atom is -0.378 e. The van der Waals surface area contributed by atoms with Gasteiger partial charge in [0, 0.05) is 36.7 Å². The zero-order valence-electron chi connectivity index (χ0n) is 11.4. The lowest BCUT2D eigenvalue weighted by molar-refractivity contribution is -0.135. The topological polar surface area (TPSA) is 60.5 Å². The fraction of sp³-hybridized carbons (Fsp3) is 0.400. The molecule has 1 aliphatic heterocycles. The normalized spacial score (nSPS) is 15.8. The van der Waals surface area contributed by atoms with Gasteiger partial charge in [-0.15, -0.1) is 0 Å². The van der Waals surface area contributed by atoms with Crippen LogP contribution in [0.4, 0.5) is 0 Å². The van der Waals surface area contributed by atoms with Gasteiger partial charge in [-0.1, -0.05) is 18.2 Å². The van der Waals surface area contributed by atoms with E-state index in [1.54, 1.807) is 0 Å². The van der Waals surface area contributed by atoms with E-state index >= 15 is 0 Å². The molecule has 1 aromatic heterocycles. The van der Waals surface area contributed by atoms with Gasteiger partial charge in [0.15, 0.2) is 0 Å². The lowest BCUT2D eigenvalue weighted by atomic mass is 10.2. The number of rotatable bonds is 3. The Hall–Kier alpha value is -1.85. The first-order valence-electron chi connectivity index (χ1n) is 6.92. The summed E-state index contributed by atoms with van der Waals surface area (Å²) >= 11 is 0. The standard InChI is InChI=1S/C15H19N3O2/c16-9-12-10-18(14-4-2-1-3-13(12)14)11-15(19)17-5-7-20-8-6-17/h1-4,10H,5-9,11,16H2. The smallest absolute Gasteiger partial charge is 0.242 e. The molecule has 0 aliphatic carbocycles. The number of morpholine rings is 1. The number of nitrogens with two attached hydrogens (primary N) is 1. The number of carbonyl (C=O) groups is 1. The Morgan fingerprint density at radius 2 is 2.00 bits per heavy atom. The van der Waals surface area contributed by atoms with Crippen molar-refractivity contribution in [3.8, 4) is 0 Å². The van der Waals surface area contributed by atoms with E-state index in [1.807, 2.05) is 39.9 Å². The van der Waals surface area contributed by atoms with Crippen molar-refractivity contribution in [3.63, 3.8) is 0 Å². The Morgan fingerprint density at radius 1 is 1.25 bits per heavy atom. The van der Waals surface area contributed by atoms with Crippen LogP contribution in [0.3, 0.4) is 0 Å². The molecule has 0 bridgehead atoms. The lowest BCUT2D eigenvalue weighted by Gasteiger charge is -2.27. The summed E-state index contributed by atoms with van der Waals surface area (Å²) in [5.41, 5.74) is 7.92. The van der Waals surface area contributed by atoms with Gasteiger partial charge in [-0.05, 0) is 11.6 Å². The monoisotopic (exact) mass is 273 g/mol. The average Bonchev–Trinajstić information content (AvgIpc) is 2.86. The second-order valence-corrected chi connectivity index (χ2v) is 5.00. The van der Waals surface area contributed by atoms with E-state index in [0.717, 1.165) is 16.5 Å². The van der Waals surface area contributed by atoms with Gasteiger partial charge in [-0.3, -0.25) is 4.79 Å². The summed E-state index contributed by atoms with van der Waals surface area (Å²) in [5, 5.41) is 1.13. The zero-order valence-corrected chi connectivity index (χ0v) is 11.4. The largest absolute Gasteiger partial charge is 0.378 e. The summed E-state index contributed by atoms with van der Waals surface area (Å²) in [6.45, 7) is 3.47. The first-order valence-corrected chi connectivity index (χ1v) is 6.92. The summed E-state index contributed by atoms with van der Waals surface area (Å²) < 4.78 is 7.27. The Labute approximate surface area is 117 Å². The number of ether oxygens (including phenoxy) is 1. The highest BCUT2D eigenvalue weighted by molar-refractivity contribution is 5.86. The van der Waals surface area contributed by atoms with Crippen molar-refractivity contribution in [2.24, 2.45) is 5.73 Å². The van der Waals surface area contributed by atoms with Gasteiger partial charge in [0.1, 0.15) is 6.54 Å². The van der Waals surface area contributed by atoms with Crippen LogP contribution in [-0.2, 0) is 22.6 Å². The third kappa shape index (κ3) is 2.42. The van der Waals surface area contributed by atoms with E-state index in [0.29, 0.717) is 39.4 Å². The molecular formula is C15H19N3O2. The second-order valence-electron chi connectivity index (χ2n) is 5.00. The van der Waals surface area contributed by atoms with Gasteiger partial charge in [-0.25, -0.2) is 0 Å². The Kier molecular flexibility index (Phi) is 3.71. The van der Waals surface area contributed by atoms with Crippen LogP contribution in [0.5, 0.6) is 0 Å². The van der Waals surface area contributed by atoms with E-state index in [4.69, 9.17) is 10.5 Å². The van der Waals surface area contributed by atoms with E-state index in [2.05, 4.69) is 0 Å². The number of amides is 1. The molecule has 0 spiro atoms. The van der Waals surface area contributed by atoms with Crippen molar-refractivity contribution in [1.29, 1.82) is 0 Å². The van der Waals surface area contributed by atoms with Crippen LogP contribution in [0, 0.1) is 0 Å². The molecule has 0 saturated carbocycles. The van der Waals surface area contributed by atoms with Crippen molar-refractivity contribution in [2.75, 3.05) is 26.3 Å². The van der Waals surface area contributed by atoms with Crippen LogP contribution in [0.1, 0.15) is 5.56 Å². The minimum absolute atomic E-state index is 0.137. The van der Waals surface area contributed by atoms with Crippen molar-refractivity contribution in [3.05, 3.63) is 36.0 Å². The molecule has 0 radical (unpaired) electrons. The van der Waals surface area contributed by atoms with Crippen LogP contribution in [-0.4, -0.2) is 41.7 Å². The van der Waals surface area contributed by atoms with Gasteiger partial charge < -0.3 is 19.9 Å². The molecular weight excluding hydrogens is 254 g/mol. The van der Waals surface area contributed by atoms with Crippen molar-refractivity contribution >= 4 is 16.8 Å². The van der Waals surface area contributed by atoms with Crippen LogP contribution < -0.4 is 5.73 Å². The van der Waals surface area contributed by atoms with E-state index < -0.39 is 0 Å². The number of carbonyl (C=O) groups excluding carboxylic acids is 1. The molecule has 106 valence electrons. The number of para-hydroxylation sites is 1. The van der Waals surface area contributed by atoms with Crippen LogP contribution in [0.15, 0.2) is 30.5 Å². The molecule has 5 nitrogen and oxygen atoms in total.